The van der Waals surface area contributed by atoms with Crippen LogP contribution in [0.25, 0.3) is 0 Å². The number of rotatable bonds is 0. The highest BCUT2D eigenvalue weighted by Gasteiger charge is 2.24. The summed E-state index contributed by atoms with van der Waals surface area (Å²) in [5.41, 5.74) is 0.569. The molecular weight excluding hydrogens is 187 g/mol. The van der Waals surface area contributed by atoms with Crippen LogP contribution >= 0.6 is 23.2 Å². The van der Waals surface area contributed by atoms with Crippen molar-refractivity contribution >= 4 is 46.3 Å². The van der Waals surface area contributed by atoms with Gasteiger partial charge in [-0.05, 0) is 0 Å². The summed E-state index contributed by atoms with van der Waals surface area (Å²) in [6, 6.07) is 0. The third-order valence-corrected chi connectivity index (χ3v) is 1.60. The number of aliphatic imine (C=N–C) groups is 4. The van der Waals surface area contributed by atoms with E-state index in [-0.39, 0.29) is 10.8 Å². The molecular formula is C5HCl2N4. The molecule has 0 aliphatic carbocycles. The molecule has 0 aromatic heterocycles. The number of nitrogens with zero attached hydrogens (tertiary/aromatic N) is 4. The van der Waals surface area contributed by atoms with Crippen molar-refractivity contribution in [1.82, 2.24) is 0 Å². The third-order valence-electron chi connectivity index (χ3n) is 1.16. The van der Waals surface area contributed by atoms with Gasteiger partial charge in [-0.2, -0.15) is 0 Å². The molecule has 0 amide bonds. The summed E-state index contributed by atoms with van der Waals surface area (Å²) in [6.07, 6.45) is 1.36. The topological polar surface area (TPSA) is 49.4 Å². The van der Waals surface area contributed by atoms with Crippen LogP contribution in [0.2, 0.25) is 0 Å². The molecule has 0 fully saturated rings. The minimum atomic E-state index is 0.0861. The zero-order valence-corrected chi connectivity index (χ0v) is 6.63. The molecule has 2 aliphatic heterocycles. The standard InChI is InChI=1S/C5HCl2N4/c6-3-2-4(9-1-8-2)11-5(7)10-3/h1H. The van der Waals surface area contributed by atoms with Gasteiger partial charge in [0.25, 0.3) is 5.62 Å². The maximum atomic E-state index is 5.67. The summed E-state index contributed by atoms with van der Waals surface area (Å²) < 4.78 is 0. The lowest BCUT2D eigenvalue weighted by Gasteiger charge is -2.05. The SMILES string of the molecule is Cl[C]1N=C(Cl)C2=NC=NC2=N1. The Kier molecular flexibility index (Phi) is 1.51. The Morgan fingerprint density at radius 2 is 2.00 bits per heavy atom. The fourth-order valence-corrected chi connectivity index (χ4v) is 1.16. The van der Waals surface area contributed by atoms with E-state index in [2.05, 4.69) is 20.0 Å². The highest BCUT2D eigenvalue weighted by Crippen LogP contribution is 2.19. The average molecular weight is 188 g/mol. The second kappa shape index (κ2) is 2.39. The van der Waals surface area contributed by atoms with Crippen molar-refractivity contribution in [3.05, 3.63) is 5.62 Å². The Balaban J connectivity index is 2.46. The molecule has 6 heteroatoms. The van der Waals surface area contributed by atoms with Crippen LogP contribution in [-0.2, 0) is 0 Å². The number of hydrogen-bond donors (Lipinski definition) is 0. The zero-order chi connectivity index (χ0) is 7.84. The van der Waals surface area contributed by atoms with Crippen molar-refractivity contribution in [1.29, 1.82) is 0 Å². The van der Waals surface area contributed by atoms with Gasteiger partial charge in [-0.15, -0.1) is 0 Å². The minimum Gasteiger partial charge on any atom is -0.230 e. The van der Waals surface area contributed by atoms with Gasteiger partial charge < -0.3 is 0 Å². The molecule has 0 saturated carbocycles. The second-order valence-electron chi connectivity index (χ2n) is 1.83. The summed E-state index contributed by atoms with van der Waals surface area (Å²) in [7, 11) is 0. The van der Waals surface area contributed by atoms with Gasteiger partial charge >= 0.3 is 0 Å². The summed E-state index contributed by atoms with van der Waals surface area (Å²) >= 11 is 11.2. The van der Waals surface area contributed by atoms with Gasteiger partial charge in [0.05, 0.1) is 0 Å². The monoisotopic (exact) mass is 187 g/mol. The Morgan fingerprint density at radius 3 is 2.82 bits per heavy atom. The Labute approximate surface area is 72.4 Å². The van der Waals surface area contributed by atoms with Gasteiger partial charge in [-0.25, -0.2) is 20.0 Å². The van der Waals surface area contributed by atoms with Crippen molar-refractivity contribution in [2.45, 2.75) is 0 Å². The van der Waals surface area contributed by atoms with Gasteiger partial charge in [0.15, 0.2) is 11.0 Å². The van der Waals surface area contributed by atoms with Gasteiger partial charge in [-0.1, -0.05) is 23.2 Å². The van der Waals surface area contributed by atoms with Gasteiger partial charge in [-0.3, -0.25) is 0 Å². The summed E-state index contributed by atoms with van der Waals surface area (Å²) in [4.78, 5) is 15.1. The lowest BCUT2D eigenvalue weighted by Crippen LogP contribution is -2.20. The fourth-order valence-electron chi connectivity index (χ4n) is 0.734. The van der Waals surface area contributed by atoms with Crippen LogP contribution in [0.5, 0.6) is 0 Å². The maximum absolute atomic E-state index is 5.67. The van der Waals surface area contributed by atoms with Crippen LogP contribution < -0.4 is 0 Å². The quantitative estimate of drug-likeness (QED) is 0.513. The van der Waals surface area contributed by atoms with Gasteiger partial charge in [0.1, 0.15) is 12.1 Å². The predicted octanol–water partition coefficient (Wildman–Crippen LogP) is 1.20. The Morgan fingerprint density at radius 1 is 1.18 bits per heavy atom. The molecule has 0 bridgehead atoms. The van der Waals surface area contributed by atoms with E-state index in [1.54, 1.807) is 0 Å². The first-order valence-electron chi connectivity index (χ1n) is 2.74. The predicted molar refractivity (Wildman–Crippen MR) is 45.7 cm³/mol. The molecule has 2 heterocycles. The molecule has 0 saturated heterocycles. The Bertz CT molecular complexity index is 314. The Hall–Kier alpha value is -0.740. The fraction of sp³-hybridized carbons (Fsp3) is 0. The number of amidine groups is 1. The van der Waals surface area contributed by atoms with E-state index in [0.717, 1.165) is 0 Å². The van der Waals surface area contributed by atoms with E-state index in [4.69, 9.17) is 23.2 Å². The van der Waals surface area contributed by atoms with Crippen LogP contribution in [0.4, 0.5) is 0 Å². The summed E-state index contributed by atoms with van der Waals surface area (Å²) in [5, 5.41) is 0.234. The van der Waals surface area contributed by atoms with Crippen molar-refractivity contribution in [2.24, 2.45) is 20.0 Å². The molecule has 0 spiro atoms. The van der Waals surface area contributed by atoms with E-state index in [0.29, 0.717) is 11.5 Å². The van der Waals surface area contributed by atoms with Crippen LogP contribution in [0.3, 0.4) is 0 Å². The number of fused-ring (bicyclic) bond motifs is 1. The summed E-state index contributed by atoms with van der Waals surface area (Å²) in [6.45, 7) is 0. The third kappa shape index (κ3) is 1.08. The molecule has 11 heavy (non-hydrogen) atoms. The van der Waals surface area contributed by atoms with E-state index >= 15 is 0 Å². The molecule has 0 aromatic rings. The molecule has 0 N–H and O–H groups in total. The van der Waals surface area contributed by atoms with E-state index in [9.17, 15) is 0 Å². The van der Waals surface area contributed by atoms with Crippen LogP contribution in [0.15, 0.2) is 20.0 Å². The van der Waals surface area contributed by atoms with Crippen LogP contribution in [-0.4, -0.2) is 23.1 Å². The van der Waals surface area contributed by atoms with Crippen LogP contribution in [0, 0.1) is 5.62 Å². The van der Waals surface area contributed by atoms with Crippen molar-refractivity contribution < 1.29 is 0 Å². The lowest BCUT2D eigenvalue weighted by molar-refractivity contribution is 1.17. The molecule has 0 aromatic carbocycles. The first-order chi connectivity index (χ1) is 5.27. The lowest BCUT2D eigenvalue weighted by atomic mass is 10.3. The maximum Gasteiger partial charge on any atom is 0.290 e. The van der Waals surface area contributed by atoms with E-state index in [1.807, 2.05) is 0 Å². The van der Waals surface area contributed by atoms with Crippen LogP contribution in [0.1, 0.15) is 0 Å². The molecule has 4 nitrogen and oxygen atoms in total. The van der Waals surface area contributed by atoms with Gasteiger partial charge in [0.2, 0.25) is 0 Å². The normalized spacial score (nSPS) is 22.5. The number of halogens is 2. The van der Waals surface area contributed by atoms with E-state index < -0.39 is 0 Å². The summed E-state index contributed by atoms with van der Waals surface area (Å²) in [5.74, 6) is 0.426. The smallest absolute Gasteiger partial charge is 0.230 e. The number of hydrogen-bond acceptors (Lipinski definition) is 4. The second-order valence-corrected chi connectivity index (χ2v) is 2.53. The van der Waals surface area contributed by atoms with E-state index in [1.165, 1.54) is 6.34 Å². The highest BCUT2D eigenvalue weighted by atomic mass is 35.5. The van der Waals surface area contributed by atoms with Gasteiger partial charge in [0, 0.05) is 0 Å². The molecule has 2 aliphatic rings. The van der Waals surface area contributed by atoms with Crippen molar-refractivity contribution in [3.8, 4) is 0 Å². The van der Waals surface area contributed by atoms with Crippen molar-refractivity contribution in [3.63, 3.8) is 0 Å². The first-order valence-corrected chi connectivity index (χ1v) is 3.49. The molecule has 0 unspecified atom stereocenters. The highest BCUT2D eigenvalue weighted by molar-refractivity contribution is 6.94. The molecule has 1 radical (unpaired) electrons. The zero-order valence-electron chi connectivity index (χ0n) is 5.12. The average Bonchev–Trinajstić information content (AvgIpc) is 2.34. The molecule has 0 atom stereocenters. The first kappa shape index (κ1) is 6.94. The largest absolute Gasteiger partial charge is 0.290 e. The molecule has 55 valence electrons. The molecule has 2 rings (SSSR count). The minimum absolute atomic E-state index is 0.0861. The van der Waals surface area contributed by atoms with Crippen molar-refractivity contribution in [2.75, 3.05) is 0 Å².